The molecule has 0 aliphatic heterocycles. The number of unbranched alkanes of at least 4 members (excludes halogenated alkanes) is 46. The Morgan fingerprint density at radius 3 is 1.04 bits per heavy atom. The van der Waals surface area contributed by atoms with E-state index in [0.717, 1.165) is 57.8 Å². The summed E-state index contributed by atoms with van der Waals surface area (Å²) >= 11 is 0. The van der Waals surface area contributed by atoms with Crippen molar-refractivity contribution < 1.29 is 37.3 Å². The third-order valence-corrected chi connectivity index (χ3v) is 17.3. The first-order chi connectivity index (χ1) is 39.9. The Morgan fingerprint density at radius 2 is 0.707 bits per heavy atom. The highest BCUT2D eigenvalue weighted by molar-refractivity contribution is 7.45. The summed E-state index contributed by atoms with van der Waals surface area (Å²) in [5.41, 5.74) is 0. The lowest BCUT2D eigenvalue weighted by Gasteiger charge is -2.30. The van der Waals surface area contributed by atoms with Gasteiger partial charge in [-0.15, -0.1) is 0 Å². The van der Waals surface area contributed by atoms with Gasteiger partial charge >= 0.3 is 5.97 Å². The molecule has 9 nitrogen and oxygen atoms in total. The fourth-order valence-electron chi connectivity index (χ4n) is 10.8. The van der Waals surface area contributed by atoms with Gasteiger partial charge in [0.2, 0.25) is 5.91 Å². The molecule has 0 aromatic carbocycles. The second-order valence-electron chi connectivity index (χ2n) is 25.7. The van der Waals surface area contributed by atoms with Crippen molar-refractivity contribution >= 4 is 19.7 Å². The van der Waals surface area contributed by atoms with Gasteiger partial charge in [0.15, 0.2) is 0 Å². The van der Waals surface area contributed by atoms with E-state index in [2.05, 4.69) is 50.4 Å². The summed E-state index contributed by atoms with van der Waals surface area (Å²) in [4.78, 5) is 40.2. The number of quaternary nitrogens is 1. The van der Waals surface area contributed by atoms with Gasteiger partial charge in [0.1, 0.15) is 19.3 Å². The number of phosphoric ester groups is 1. The summed E-state index contributed by atoms with van der Waals surface area (Å²) < 4.78 is 30.4. The predicted molar refractivity (Wildman–Crippen MR) is 353 cm³/mol. The van der Waals surface area contributed by atoms with Crippen LogP contribution < -0.4 is 10.2 Å². The van der Waals surface area contributed by atoms with Gasteiger partial charge in [-0.2, -0.15) is 0 Å². The molecule has 0 radical (unpaired) electrons. The van der Waals surface area contributed by atoms with Crippen LogP contribution >= 0.6 is 7.82 Å². The number of hydrogen-bond donors (Lipinski definition) is 1. The Hall–Kier alpha value is -1.77. The molecule has 0 saturated carbocycles. The van der Waals surface area contributed by atoms with Gasteiger partial charge in [-0.05, 0) is 83.1 Å². The molecule has 484 valence electrons. The van der Waals surface area contributed by atoms with Crippen LogP contribution in [0.25, 0.3) is 0 Å². The fourth-order valence-corrected chi connectivity index (χ4v) is 11.5. The normalized spacial score (nSPS) is 13.7. The Labute approximate surface area is 510 Å². The summed E-state index contributed by atoms with van der Waals surface area (Å²) in [7, 11) is 1.20. The van der Waals surface area contributed by atoms with E-state index in [1.807, 2.05) is 33.3 Å². The van der Waals surface area contributed by atoms with E-state index in [9.17, 15) is 19.0 Å². The maximum Gasteiger partial charge on any atom is 0.306 e. The Morgan fingerprint density at radius 1 is 0.415 bits per heavy atom. The number of allylic oxidation sites excluding steroid dienone is 5. The van der Waals surface area contributed by atoms with Crippen molar-refractivity contribution in [3.8, 4) is 0 Å². The lowest BCUT2D eigenvalue weighted by Crippen LogP contribution is -2.47. The van der Waals surface area contributed by atoms with Crippen molar-refractivity contribution in [3.63, 3.8) is 0 Å². The molecule has 0 rings (SSSR count). The number of carbonyl (C=O) groups is 2. The molecule has 0 aromatic heterocycles. The van der Waals surface area contributed by atoms with Gasteiger partial charge in [-0.1, -0.05) is 302 Å². The second-order valence-corrected chi connectivity index (χ2v) is 27.1. The summed E-state index contributed by atoms with van der Waals surface area (Å²) in [6, 6.07) is -0.887. The van der Waals surface area contributed by atoms with E-state index in [1.54, 1.807) is 0 Å². The molecule has 0 aromatic rings. The van der Waals surface area contributed by atoms with E-state index in [-0.39, 0.29) is 31.5 Å². The number of phosphoric acid groups is 1. The molecular formula is C72H139N2O7P. The van der Waals surface area contributed by atoms with Crippen molar-refractivity contribution in [2.75, 3.05) is 40.9 Å². The molecular weight excluding hydrogens is 1040 g/mol. The number of nitrogens with zero attached hydrogens (tertiary/aromatic N) is 1. The standard InChI is InChI=1S/C72H139N2O7P/c1-7-10-13-16-19-22-25-28-30-32-34-35-36-37-38-39-41-43-45-47-50-53-56-59-62-65-72(76)81-70(63-60-57-54-51-48-27-24-21-18-15-12-9-3)69(68-80-82(77,78)79-67-66-74(4,5)6)73-71(75)64-61-58-55-52-49-46-44-42-40-33-31-29-26-23-20-17-14-11-8-2/h28-31,60,63,69-70H,7-27,32-59,61-62,64-68H2,1-6H3,(H-,73,75,77,78)/b30-28+,31-29+,63-60-. The van der Waals surface area contributed by atoms with Crippen molar-refractivity contribution in [3.05, 3.63) is 36.5 Å². The highest BCUT2D eigenvalue weighted by atomic mass is 31.2. The van der Waals surface area contributed by atoms with Gasteiger partial charge < -0.3 is 28.5 Å². The number of ether oxygens (including phenoxy) is 1. The van der Waals surface area contributed by atoms with Crippen molar-refractivity contribution in [1.82, 2.24) is 5.32 Å². The predicted octanol–water partition coefficient (Wildman–Crippen LogP) is 22.0. The summed E-state index contributed by atoms with van der Waals surface area (Å²) in [6.07, 6.45) is 77.0. The highest BCUT2D eigenvalue weighted by Gasteiger charge is 2.27. The van der Waals surface area contributed by atoms with Crippen LogP contribution in [0.3, 0.4) is 0 Å². The monoisotopic (exact) mass is 1180 g/mol. The van der Waals surface area contributed by atoms with Crippen LogP contribution in [0.4, 0.5) is 0 Å². The quantitative estimate of drug-likeness (QED) is 0.0212. The van der Waals surface area contributed by atoms with Gasteiger partial charge in [0, 0.05) is 12.8 Å². The van der Waals surface area contributed by atoms with Crippen LogP contribution in [0.5, 0.6) is 0 Å². The first-order valence-corrected chi connectivity index (χ1v) is 37.3. The van der Waals surface area contributed by atoms with Crippen LogP contribution in [-0.4, -0.2) is 69.4 Å². The lowest BCUT2D eigenvalue weighted by atomic mass is 10.0. The minimum Gasteiger partial charge on any atom is -0.756 e. The summed E-state index contributed by atoms with van der Waals surface area (Å²) in [6.45, 7) is 6.89. The van der Waals surface area contributed by atoms with Crippen molar-refractivity contribution in [2.24, 2.45) is 0 Å². The van der Waals surface area contributed by atoms with Crippen molar-refractivity contribution in [1.29, 1.82) is 0 Å². The van der Waals surface area contributed by atoms with E-state index >= 15 is 0 Å². The first kappa shape index (κ1) is 80.2. The van der Waals surface area contributed by atoms with E-state index in [0.29, 0.717) is 17.4 Å². The SMILES string of the molecule is CCCCCCCC/C=C/CCCCCCCCCCCCCCCCCC(=O)OC(/C=C\CCCCCCCCCCCC)C(COP(=O)([O-])OCC[N+](C)(C)C)NC(=O)CCCCCCCCCCC/C=C/CCCCCCCC. The van der Waals surface area contributed by atoms with Crippen LogP contribution in [0.1, 0.15) is 361 Å². The third-order valence-electron chi connectivity index (χ3n) is 16.3. The first-order valence-electron chi connectivity index (χ1n) is 35.8. The van der Waals surface area contributed by atoms with Gasteiger partial charge in [0.05, 0.1) is 33.8 Å². The minimum atomic E-state index is -4.70. The van der Waals surface area contributed by atoms with Gasteiger partial charge in [-0.3, -0.25) is 14.2 Å². The topological polar surface area (TPSA) is 114 Å². The minimum absolute atomic E-state index is 0.0201. The summed E-state index contributed by atoms with van der Waals surface area (Å²) in [5.74, 6) is -0.525. The fraction of sp³-hybridized carbons (Fsp3) is 0.889. The Kier molecular flexibility index (Phi) is 60.9. The maximum atomic E-state index is 13.6. The number of esters is 1. The van der Waals surface area contributed by atoms with Gasteiger partial charge in [0.25, 0.3) is 7.82 Å². The number of likely N-dealkylation sites (N-methyl/N-ethyl adjacent to an activating group) is 1. The lowest BCUT2D eigenvalue weighted by molar-refractivity contribution is -0.870. The third kappa shape index (κ3) is 62.8. The zero-order valence-electron chi connectivity index (χ0n) is 55.5. The smallest absolute Gasteiger partial charge is 0.306 e. The van der Waals surface area contributed by atoms with Crippen LogP contribution in [0.2, 0.25) is 0 Å². The molecule has 0 aliphatic rings. The average Bonchev–Trinajstić information content (AvgIpc) is 3.44. The zero-order chi connectivity index (χ0) is 60.0. The molecule has 0 spiro atoms. The molecule has 3 atom stereocenters. The molecule has 10 heteroatoms. The molecule has 0 bridgehead atoms. The maximum absolute atomic E-state index is 13.6. The highest BCUT2D eigenvalue weighted by Crippen LogP contribution is 2.38. The molecule has 3 unspecified atom stereocenters. The Bertz CT molecular complexity index is 1500. The summed E-state index contributed by atoms with van der Waals surface area (Å²) in [5, 5.41) is 3.05. The zero-order valence-corrected chi connectivity index (χ0v) is 56.4. The van der Waals surface area contributed by atoms with Crippen molar-refractivity contribution in [2.45, 2.75) is 373 Å². The van der Waals surface area contributed by atoms with E-state index in [4.69, 9.17) is 13.8 Å². The van der Waals surface area contributed by atoms with Crippen LogP contribution in [0, 0.1) is 0 Å². The van der Waals surface area contributed by atoms with Gasteiger partial charge in [-0.25, -0.2) is 0 Å². The molecule has 1 N–H and O–H groups in total. The van der Waals surface area contributed by atoms with E-state index in [1.165, 1.54) is 270 Å². The van der Waals surface area contributed by atoms with Crippen LogP contribution in [-0.2, 0) is 27.9 Å². The number of nitrogens with one attached hydrogen (secondary N) is 1. The average molecular weight is 1180 g/mol. The molecule has 1 amide bonds. The largest absolute Gasteiger partial charge is 0.756 e. The second kappa shape index (κ2) is 62.3. The molecule has 0 fully saturated rings. The number of hydrogen-bond acceptors (Lipinski definition) is 7. The molecule has 0 saturated heterocycles. The number of carbonyl (C=O) groups excluding carboxylic acids is 2. The molecule has 0 heterocycles. The number of amides is 1. The van der Waals surface area contributed by atoms with Crippen LogP contribution in [0.15, 0.2) is 36.5 Å². The molecule has 0 aliphatic carbocycles. The number of rotatable bonds is 66. The Balaban J connectivity index is 5.03. The van der Waals surface area contributed by atoms with E-state index < -0.39 is 20.0 Å². The molecule has 82 heavy (non-hydrogen) atoms.